The van der Waals surface area contributed by atoms with Crippen molar-refractivity contribution in [3.05, 3.63) is 64.7 Å². The Morgan fingerprint density at radius 2 is 2.00 bits per heavy atom. The molecule has 2 rings (SSSR count). The second-order valence-corrected chi connectivity index (χ2v) is 4.86. The largest absolute Gasteiger partial charge is 0.492 e. The standard InChI is InChI=1S/C16H16ClNO3/c17-15-7-2-1-4-13(15)11-18-8-9-21-14-6-3-5-12(10-14)16(19)20/h1-7,10,18H,8-9,11H2,(H,19,20). The molecule has 0 aromatic heterocycles. The maximum absolute atomic E-state index is 10.8. The summed E-state index contributed by atoms with van der Waals surface area (Å²) >= 11 is 6.05. The molecule has 0 bridgehead atoms. The maximum atomic E-state index is 10.8. The van der Waals surface area contributed by atoms with Gasteiger partial charge in [-0.1, -0.05) is 35.9 Å². The molecular weight excluding hydrogens is 290 g/mol. The fraction of sp³-hybridized carbons (Fsp3) is 0.188. The summed E-state index contributed by atoms with van der Waals surface area (Å²) < 4.78 is 5.51. The molecule has 0 saturated carbocycles. The number of aromatic carboxylic acids is 1. The van der Waals surface area contributed by atoms with Crippen LogP contribution in [0.15, 0.2) is 48.5 Å². The van der Waals surface area contributed by atoms with E-state index in [0.29, 0.717) is 25.4 Å². The first-order valence-electron chi connectivity index (χ1n) is 6.57. The average molecular weight is 306 g/mol. The Balaban J connectivity index is 1.74. The van der Waals surface area contributed by atoms with Crippen LogP contribution in [0.4, 0.5) is 0 Å². The van der Waals surface area contributed by atoms with Crippen LogP contribution in [-0.2, 0) is 6.54 Å². The van der Waals surface area contributed by atoms with Crippen LogP contribution in [0.3, 0.4) is 0 Å². The molecule has 2 N–H and O–H groups in total. The van der Waals surface area contributed by atoms with Crippen molar-refractivity contribution >= 4 is 17.6 Å². The van der Waals surface area contributed by atoms with E-state index >= 15 is 0 Å². The third-order valence-electron chi connectivity index (χ3n) is 2.90. The number of hydrogen-bond acceptors (Lipinski definition) is 3. The van der Waals surface area contributed by atoms with Gasteiger partial charge in [0, 0.05) is 18.1 Å². The smallest absolute Gasteiger partial charge is 0.335 e. The van der Waals surface area contributed by atoms with Crippen molar-refractivity contribution in [1.29, 1.82) is 0 Å². The van der Waals surface area contributed by atoms with Crippen LogP contribution in [-0.4, -0.2) is 24.2 Å². The van der Waals surface area contributed by atoms with Crippen molar-refractivity contribution in [3.8, 4) is 5.75 Å². The molecule has 0 atom stereocenters. The highest BCUT2D eigenvalue weighted by Crippen LogP contribution is 2.14. The molecule has 0 radical (unpaired) electrons. The van der Waals surface area contributed by atoms with Gasteiger partial charge in [0.25, 0.3) is 0 Å². The lowest BCUT2D eigenvalue weighted by molar-refractivity contribution is 0.0696. The third-order valence-corrected chi connectivity index (χ3v) is 3.27. The zero-order chi connectivity index (χ0) is 15.1. The van der Waals surface area contributed by atoms with Crippen LogP contribution in [0.5, 0.6) is 5.75 Å². The van der Waals surface area contributed by atoms with Gasteiger partial charge in [0.05, 0.1) is 5.56 Å². The molecule has 4 nitrogen and oxygen atoms in total. The first-order valence-corrected chi connectivity index (χ1v) is 6.95. The van der Waals surface area contributed by atoms with Gasteiger partial charge in [-0.05, 0) is 29.8 Å². The van der Waals surface area contributed by atoms with Crippen molar-refractivity contribution in [2.24, 2.45) is 0 Å². The van der Waals surface area contributed by atoms with Gasteiger partial charge < -0.3 is 15.2 Å². The summed E-state index contributed by atoms with van der Waals surface area (Å²) in [6, 6.07) is 14.1. The van der Waals surface area contributed by atoms with Crippen LogP contribution in [0.1, 0.15) is 15.9 Å². The molecule has 0 amide bonds. The molecule has 110 valence electrons. The summed E-state index contributed by atoms with van der Waals surface area (Å²) in [7, 11) is 0. The predicted octanol–water partition coefficient (Wildman–Crippen LogP) is 3.21. The van der Waals surface area contributed by atoms with Crippen LogP contribution < -0.4 is 10.1 Å². The SMILES string of the molecule is O=C(O)c1cccc(OCCNCc2ccccc2Cl)c1. The molecule has 0 fully saturated rings. The van der Waals surface area contributed by atoms with E-state index in [9.17, 15) is 4.79 Å². The van der Waals surface area contributed by atoms with E-state index in [-0.39, 0.29) is 5.56 Å². The van der Waals surface area contributed by atoms with Crippen LogP contribution in [0.25, 0.3) is 0 Å². The molecule has 0 spiro atoms. The highest BCUT2D eigenvalue weighted by atomic mass is 35.5. The highest BCUT2D eigenvalue weighted by molar-refractivity contribution is 6.31. The Labute approximate surface area is 128 Å². The van der Waals surface area contributed by atoms with Gasteiger partial charge in [0.1, 0.15) is 12.4 Å². The van der Waals surface area contributed by atoms with E-state index in [1.165, 1.54) is 12.1 Å². The van der Waals surface area contributed by atoms with Crippen molar-refractivity contribution < 1.29 is 14.6 Å². The number of carbonyl (C=O) groups is 1. The molecule has 0 aliphatic rings. The molecule has 0 heterocycles. The molecule has 0 aliphatic heterocycles. The average Bonchev–Trinajstić information content (AvgIpc) is 2.49. The van der Waals surface area contributed by atoms with Crippen molar-refractivity contribution in [2.75, 3.05) is 13.2 Å². The van der Waals surface area contributed by atoms with E-state index in [1.54, 1.807) is 12.1 Å². The Morgan fingerprint density at radius 1 is 1.19 bits per heavy atom. The first kappa shape index (κ1) is 15.4. The normalized spacial score (nSPS) is 10.3. The minimum atomic E-state index is -0.961. The Bertz CT molecular complexity index is 616. The van der Waals surface area contributed by atoms with Crippen molar-refractivity contribution in [1.82, 2.24) is 5.32 Å². The highest BCUT2D eigenvalue weighted by Gasteiger charge is 2.03. The summed E-state index contributed by atoms with van der Waals surface area (Å²) in [5.41, 5.74) is 1.25. The summed E-state index contributed by atoms with van der Waals surface area (Å²) in [4.78, 5) is 10.8. The topological polar surface area (TPSA) is 58.6 Å². The van der Waals surface area contributed by atoms with E-state index in [1.807, 2.05) is 24.3 Å². The van der Waals surface area contributed by atoms with Gasteiger partial charge in [-0.25, -0.2) is 4.79 Å². The number of hydrogen-bond donors (Lipinski definition) is 2. The Morgan fingerprint density at radius 3 is 2.76 bits per heavy atom. The van der Waals surface area contributed by atoms with Crippen molar-refractivity contribution in [2.45, 2.75) is 6.54 Å². The molecular formula is C16H16ClNO3. The minimum Gasteiger partial charge on any atom is -0.492 e. The second kappa shape index (κ2) is 7.67. The van der Waals surface area contributed by atoms with Gasteiger partial charge in [0.15, 0.2) is 0 Å². The number of benzene rings is 2. The quantitative estimate of drug-likeness (QED) is 0.771. The van der Waals surface area contributed by atoms with E-state index < -0.39 is 5.97 Å². The van der Waals surface area contributed by atoms with Crippen LogP contribution in [0.2, 0.25) is 5.02 Å². The van der Waals surface area contributed by atoms with E-state index in [2.05, 4.69) is 5.32 Å². The minimum absolute atomic E-state index is 0.219. The Kier molecular flexibility index (Phi) is 5.60. The molecule has 2 aromatic carbocycles. The van der Waals surface area contributed by atoms with Gasteiger partial charge in [-0.3, -0.25) is 0 Å². The monoisotopic (exact) mass is 305 g/mol. The molecule has 2 aromatic rings. The fourth-order valence-electron chi connectivity index (χ4n) is 1.82. The number of carboxylic acids is 1. The Hall–Kier alpha value is -2.04. The summed E-state index contributed by atoms with van der Waals surface area (Å²) in [6.07, 6.45) is 0. The van der Waals surface area contributed by atoms with Gasteiger partial charge >= 0.3 is 5.97 Å². The lowest BCUT2D eigenvalue weighted by atomic mass is 10.2. The second-order valence-electron chi connectivity index (χ2n) is 4.45. The number of nitrogens with one attached hydrogen (secondary N) is 1. The third kappa shape index (κ3) is 4.77. The van der Waals surface area contributed by atoms with Crippen molar-refractivity contribution in [3.63, 3.8) is 0 Å². The molecule has 0 unspecified atom stereocenters. The zero-order valence-corrected chi connectivity index (χ0v) is 12.1. The predicted molar refractivity (Wildman–Crippen MR) is 82.1 cm³/mol. The fourth-order valence-corrected chi connectivity index (χ4v) is 2.03. The number of rotatable bonds is 7. The summed E-state index contributed by atoms with van der Waals surface area (Å²) in [6.45, 7) is 1.76. The van der Waals surface area contributed by atoms with Gasteiger partial charge in [0.2, 0.25) is 0 Å². The lowest BCUT2D eigenvalue weighted by Crippen LogP contribution is -2.20. The van der Waals surface area contributed by atoms with E-state index in [0.717, 1.165) is 10.6 Å². The molecule has 21 heavy (non-hydrogen) atoms. The number of ether oxygens (including phenoxy) is 1. The summed E-state index contributed by atoms with van der Waals surface area (Å²) in [5.74, 6) is -0.410. The van der Waals surface area contributed by atoms with Gasteiger partial charge in [-0.2, -0.15) is 0 Å². The lowest BCUT2D eigenvalue weighted by Gasteiger charge is -2.09. The summed E-state index contributed by atoms with van der Waals surface area (Å²) in [5, 5.41) is 12.9. The van der Waals surface area contributed by atoms with Crippen LogP contribution in [0, 0.1) is 0 Å². The molecule has 0 aliphatic carbocycles. The van der Waals surface area contributed by atoms with E-state index in [4.69, 9.17) is 21.4 Å². The molecule has 0 saturated heterocycles. The zero-order valence-electron chi connectivity index (χ0n) is 11.4. The number of halogens is 1. The maximum Gasteiger partial charge on any atom is 0.335 e. The molecule has 5 heteroatoms. The first-order chi connectivity index (χ1) is 10.2. The number of carboxylic acid groups (broad SMARTS) is 1. The van der Waals surface area contributed by atoms with Crippen LogP contribution >= 0.6 is 11.6 Å². The van der Waals surface area contributed by atoms with Gasteiger partial charge in [-0.15, -0.1) is 0 Å².